The highest BCUT2D eigenvalue weighted by Crippen LogP contribution is 2.24. The number of benzene rings is 2. The molecule has 1 N–H and O–H groups in total. The van der Waals surface area contributed by atoms with Crippen LogP contribution in [-0.2, 0) is 16.1 Å². The molecule has 1 amide bonds. The van der Waals surface area contributed by atoms with Crippen LogP contribution in [0.1, 0.15) is 5.69 Å². The van der Waals surface area contributed by atoms with Gasteiger partial charge in [0, 0.05) is 16.5 Å². The lowest BCUT2D eigenvalue weighted by atomic mass is 10.1. The van der Waals surface area contributed by atoms with Crippen LogP contribution in [0.15, 0.2) is 64.0 Å². The van der Waals surface area contributed by atoms with E-state index < -0.39 is 0 Å². The smallest absolute Gasteiger partial charge is 0.250 e. The van der Waals surface area contributed by atoms with Gasteiger partial charge in [-0.1, -0.05) is 17.3 Å². The molecule has 0 unspecified atom stereocenters. The molecule has 0 saturated carbocycles. The Balaban J connectivity index is 1.50. The molecule has 1 aromatic heterocycles. The number of rotatable bonds is 7. The first-order valence-electron chi connectivity index (χ1n) is 7.88. The van der Waals surface area contributed by atoms with Crippen LogP contribution in [0.4, 0.5) is 10.1 Å². The summed E-state index contributed by atoms with van der Waals surface area (Å²) in [5.41, 5.74) is 2.03. The monoisotopic (exact) mass is 372 g/mol. The molecule has 0 saturated heterocycles. The molecule has 26 heavy (non-hydrogen) atoms. The Bertz CT molecular complexity index is 881. The summed E-state index contributed by atoms with van der Waals surface area (Å²) < 4.78 is 23.6. The van der Waals surface area contributed by atoms with Crippen LogP contribution < -0.4 is 5.32 Å². The van der Waals surface area contributed by atoms with Crippen molar-refractivity contribution in [1.82, 2.24) is 5.16 Å². The SMILES string of the molecule is CSc1ccccc1NC(=O)COCc1cc(-c2ccc(F)cc2)on1. The summed E-state index contributed by atoms with van der Waals surface area (Å²) in [5.74, 6) is -0.0402. The Kier molecular flexibility index (Phi) is 6.04. The molecule has 3 aromatic rings. The number of nitrogens with one attached hydrogen (secondary N) is 1. The molecule has 0 radical (unpaired) electrons. The van der Waals surface area contributed by atoms with Gasteiger partial charge in [-0.15, -0.1) is 11.8 Å². The standard InChI is InChI=1S/C19H17FN2O3S/c1-26-18-5-3-2-4-16(18)21-19(23)12-24-11-15-10-17(25-22-15)13-6-8-14(20)9-7-13/h2-10H,11-12H2,1H3,(H,21,23). The van der Waals surface area contributed by atoms with Crippen molar-refractivity contribution in [3.63, 3.8) is 0 Å². The maximum Gasteiger partial charge on any atom is 0.250 e. The predicted molar refractivity (Wildman–Crippen MR) is 98.4 cm³/mol. The number of nitrogens with zero attached hydrogens (tertiary/aromatic N) is 1. The zero-order chi connectivity index (χ0) is 18.4. The highest BCUT2D eigenvalue weighted by Gasteiger charge is 2.09. The van der Waals surface area contributed by atoms with Gasteiger partial charge >= 0.3 is 0 Å². The van der Waals surface area contributed by atoms with E-state index in [4.69, 9.17) is 9.26 Å². The van der Waals surface area contributed by atoms with Crippen LogP contribution in [0.5, 0.6) is 0 Å². The van der Waals surface area contributed by atoms with Gasteiger partial charge in [0.25, 0.3) is 0 Å². The fraction of sp³-hybridized carbons (Fsp3) is 0.158. The zero-order valence-corrected chi connectivity index (χ0v) is 14.9. The summed E-state index contributed by atoms with van der Waals surface area (Å²) in [6.07, 6.45) is 1.95. The van der Waals surface area contributed by atoms with Crippen LogP contribution in [0.3, 0.4) is 0 Å². The van der Waals surface area contributed by atoms with Crippen molar-refractivity contribution in [1.29, 1.82) is 0 Å². The lowest BCUT2D eigenvalue weighted by Crippen LogP contribution is -2.18. The van der Waals surface area contributed by atoms with Crippen molar-refractivity contribution >= 4 is 23.4 Å². The molecular formula is C19H17FN2O3S. The maximum atomic E-state index is 12.9. The third kappa shape index (κ3) is 4.71. The topological polar surface area (TPSA) is 64.4 Å². The highest BCUT2D eigenvalue weighted by molar-refractivity contribution is 7.98. The second-order valence-electron chi connectivity index (χ2n) is 5.43. The van der Waals surface area contributed by atoms with Gasteiger partial charge in [-0.05, 0) is 42.7 Å². The normalized spacial score (nSPS) is 10.7. The van der Waals surface area contributed by atoms with E-state index in [0.717, 1.165) is 16.1 Å². The van der Waals surface area contributed by atoms with E-state index in [0.29, 0.717) is 11.5 Å². The molecule has 134 valence electrons. The minimum atomic E-state index is -0.314. The van der Waals surface area contributed by atoms with Gasteiger partial charge in [-0.2, -0.15) is 0 Å². The molecule has 5 nitrogen and oxygen atoms in total. The quantitative estimate of drug-likeness (QED) is 0.625. The van der Waals surface area contributed by atoms with Crippen LogP contribution in [0.25, 0.3) is 11.3 Å². The minimum absolute atomic E-state index is 0.0958. The second kappa shape index (κ2) is 8.64. The third-order valence-electron chi connectivity index (χ3n) is 3.55. The largest absolute Gasteiger partial charge is 0.365 e. The van der Waals surface area contributed by atoms with Gasteiger partial charge < -0.3 is 14.6 Å². The maximum absolute atomic E-state index is 12.9. The van der Waals surface area contributed by atoms with Crippen molar-refractivity contribution in [2.24, 2.45) is 0 Å². The van der Waals surface area contributed by atoms with E-state index in [1.54, 1.807) is 30.0 Å². The Morgan fingerprint density at radius 2 is 2.00 bits per heavy atom. The first kappa shape index (κ1) is 18.2. The molecule has 2 aromatic carbocycles. The Morgan fingerprint density at radius 1 is 1.23 bits per heavy atom. The molecule has 0 fully saturated rings. The van der Waals surface area contributed by atoms with Gasteiger partial charge in [0.15, 0.2) is 5.76 Å². The fourth-order valence-electron chi connectivity index (χ4n) is 2.31. The summed E-state index contributed by atoms with van der Waals surface area (Å²) in [4.78, 5) is 13.0. The summed E-state index contributed by atoms with van der Waals surface area (Å²) in [6.45, 7) is 0.0454. The van der Waals surface area contributed by atoms with Crippen molar-refractivity contribution in [3.8, 4) is 11.3 Å². The van der Waals surface area contributed by atoms with Crippen LogP contribution in [0.2, 0.25) is 0 Å². The molecule has 0 aliphatic heterocycles. The average molecular weight is 372 g/mol. The molecule has 0 aliphatic carbocycles. The lowest BCUT2D eigenvalue weighted by Gasteiger charge is -2.09. The van der Waals surface area contributed by atoms with Gasteiger partial charge in [-0.3, -0.25) is 4.79 Å². The molecule has 1 heterocycles. The average Bonchev–Trinajstić information content (AvgIpc) is 3.11. The van der Waals surface area contributed by atoms with E-state index >= 15 is 0 Å². The number of hydrogen-bond acceptors (Lipinski definition) is 5. The third-order valence-corrected chi connectivity index (χ3v) is 4.35. The molecule has 0 atom stereocenters. The Morgan fingerprint density at radius 3 is 2.77 bits per heavy atom. The zero-order valence-electron chi connectivity index (χ0n) is 14.1. The van der Waals surface area contributed by atoms with Crippen molar-refractivity contribution in [2.75, 3.05) is 18.2 Å². The minimum Gasteiger partial charge on any atom is -0.365 e. The van der Waals surface area contributed by atoms with Gasteiger partial charge in [-0.25, -0.2) is 4.39 Å². The van der Waals surface area contributed by atoms with Gasteiger partial charge in [0.1, 0.15) is 18.1 Å². The Labute approximate surface area is 154 Å². The van der Waals surface area contributed by atoms with E-state index in [1.807, 2.05) is 30.5 Å². The van der Waals surface area contributed by atoms with Crippen molar-refractivity contribution in [2.45, 2.75) is 11.5 Å². The predicted octanol–water partition coefficient (Wildman–Crippen LogP) is 4.36. The number of amides is 1. The number of para-hydroxylation sites is 1. The van der Waals surface area contributed by atoms with Crippen molar-refractivity contribution < 1.29 is 18.4 Å². The van der Waals surface area contributed by atoms with Gasteiger partial charge in [0.2, 0.25) is 5.91 Å². The number of hydrogen-bond donors (Lipinski definition) is 1. The number of anilines is 1. The Hall–Kier alpha value is -2.64. The molecule has 0 aliphatic rings. The summed E-state index contributed by atoms with van der Waals surface area (Å²) in [5, 5.41) is 6.71. The molecule has 3 rings (SSSR count). The van der Waals surface area contributed by atoms with E-state index in [9.17, 15) is 9.18 Å². The van der Waals surface area contributed by atoms with Crippen LogP contribution in [-0.4, -0.2) is 23.9 Å². The molecular weight excluding hydrogens is 355 g/mol. The number of aromatic nitrogens is 1. The van der Waals surface area contributed by atoms with Gasteiger partial charge in [0.05, 0.1) is 12.3 Å². The lowest BCUT2D eigenvalue weighted by molar-refractivity contribution is -0.121. The van der Waals surface area contributed by atoms with Crippen LogP contribution >= 0.6 is 11.8 Å². The van der Waals surface area contributed by atoms with E-state index in [1.165, 1.54) is 12.1 Å². The van der Waals surface area contributed by atoms with E-state index in [2.05, 4.69) is 10.5 Å². The summed E-state index contributed by atoms with van der Waals surface area (Å²) in [6, 6.07) is 15.2. The van der Waals surface area contributed by atoms with E-state index in [-0.39, 0.29) is 24.9 Å². The molecule has 0 bridgehead atoms. The molecule has 7 heteroatoms. The number of ether oxygens (including phenoxy) is 1. The number of halogens is 1. The second-order valence-corrected chi connectivity index (χ2v) is 6.28. The summed E-state index contributed by atoms with van der Waals surface area (Å²) in [7, 11) is 0. The first-order valence-corrected chi connectivity index (χ1v) is 9.10. The molecule has 0 spiro atoms. The number of carbonyl (C=O) groups excluding carboxylic acids is 1. The van der Waals surface area contributed by atoms with Crippen LogP contribution in [0, 0.1) is 5.82 Å². The summed E-state index contributed by atoms with van der Waals surface area (Å²) >= 11 is 1.56. The highest BCUT2D eigenvalue weighted by atomic mass is 32.2. The number of carbonyl (C=O) groups is 1. The number of thioether (sulfide) groups is 1. The first-order chi connectivity index (χ1) is 12.7. The van der Waals surface area contributed by atoms with Crippen molar-refractivity contribution in [3.05, 3.63) is 66.1 Å². The fourth-order valence-corrected chi connectivity index (χ4v) is 2.87.